The summed E-state index contributed by atoms with van der Waals surface area (Å²) < 4.78 is 13.2. The molecule has 0 unspecified atom stereocenters. The molecule has 0 spiro atoms. The first-order chi connectivity index (χ1) is 18.7. The summed E-state index contributed by atoms with van der Waals surface area (Å²) in [4.78, 5) is 18.9. The van der Waals surface area contributed by atoms with Crippen molar-refractivity contribution in [2.45, 2.75) is 52.4 Å². The number of ether oxygens (including phenoxy) is 1. The van der Waals surface area contributed by atoms with Crippen molar-refractivity contribution in [1.82, 2.24) is 30.1 Å². The molecule has 5 aromatic rings. The van der Waals surface area contributed by atoms with Crippen molar-refractivity contribution in [2.75, 3.05) is 6.61 Å². The number of fused-ring (bicyclic) bond motifs is 1. The molecular formula is C29H31ClN6O3. The lowest BCUT2D eigenvalue weighted by Crippen LogP contribution is -2.37. The fraction of sp³-hybridized carbons (Fsp3) is 0.310. The van der Waals surface area contributed by atoms with E-state index in [-0.39, 0.29) is 5.56 Å². The molecule has 9 nitrogen and oxygen atoms in total. The van der Waals surface area contributed by atoms with Crippen LogP contribution in [0.15, 0.2) is 76.1 Å². The highest BCUT2D eigenvalue weighted by Crippen LogP contribution is 2.32. The van der Waals surface area contributed by atoms with E-state index in [0.29, 0.717) is 36.1 Å². The summed E-state index contributed by atoms with van der Waals surface area (Å²) in [5.74, 6) is 2.03. The smallest absolute Gasteiger partial charge is 0.253 e. The third kappa shape index (κ3) is 5.89. The summed E-state index contributed by atoms with van der Waals surface area (Å²) in [7, 11) is 0. The van der Waals surface area contributed by atoms with Gasteiger partial charge in [0.25, 0.3) is 5.56 Å². The van der Waals surface area contributed by atoms with Crippen LogP contribution < -0.4 is 10.3 Å². The molecule has 0 saturated carbocycles. The van der Waals surface area contributed by atoms with E-state index in [1.54, 1.807) is 10.9 Å². The van der Waals surface area contributed by atoms with Crippen LogP contribution in [0.1, 0.15) is 56.4 Å². The highest BCUT2D eigenvalue weighted by Gasteiger charge is 2.34. The Balaban J connectivity index is 1.71. The van der Waals surface area contributed by atoms with Crippen LogP contribution in [0.5, 0.6) is 5.75 Å². The molecule has 2 aromatic carbocycles. The number of pyridine rings is 1. The van der Waals surface area contributed by atoms with Gasteiger partial charge in [-0.15, -0.1) is 5.10 Å². The minimum absolute atomic E-state index is 0.222. The van der Waals surface area contributed by atoms with E-state index < -0.39 is 11.6 Å². The molecule has 3 aromatic heterocycles. The van der Waals surface area contributed by atoms with Gasteiger partial charge in [-0.25, -0.2) is 4.68 Å². The lowest BCUT2D eigenvalue weighted by Gasteiger charge is -2.32. The third-order valence-electron chi connectivity index (χ3n) is 6.43. The van der Waals surface area contributed by atoms with Gasteiger partial charge in [-0.05, 0) is 92.2 Å². The molecule has 0 aliphatic rings. The number of hydrogen-bond acceptors (Lipinski definition) is 7. The predicted molar refractivity (Wildman–Crippen MR) is 150 cm³/mol. The first kappa shape index (κ1) is 26.6. The molecule has 0 saturated heterocycles. The molecule has 1 N–H and O–H groups in total. The number of benzene rings is 2. The van der Waals surface area contributed by atoms with Gasteiger partial charge < -0.3 is 14.1 Å². The Morgan fingerprint density at radius 2 is 1.90 bits per heavy atom. The molecule has 39 heavy (non-hydrogen) atoms. The molecular weight excluding hydrogens is 516 g/mol. The monoisotopic (exact) mass is 546 g/mol. The lowest BCUT2D eigenvalue weighted by molar-refractivity contribution is 0.171. The summed E-state index contributed by atoms with van der Waals surface area (Å²) in [5, 5.41) is 14.3. The maximum atomic E-state index is 13.7. The van der Waals surface area contributed by atoms with E-state index >= 15 is 0 Å². The Morgan fingerprint density at radius 3 is 2.59 bits per heavy atom. The van der Waals surface area contributed by atoms with E-state index in [9.17, 15) is 4.79 Å². The number of rotatable bonds is 9. The average Bonchev–Trinajstić information content (AvgIpc) is 3.59. The average molecular weight is 547 g/mol. The minimum Gasteiger partial charge on any atom is -0.494 e. The number of aromatic amines is 1. The van der Waals surface area contributed by atoms with E-state index in [1.807, 2.05) is 88.4 Å². The van der Waals surface area contributed by atoms with Crippen LogP contribution in [-0.4, -0.2) is 36.7 Å². The van der Waals surface area contributed by atoms with Crippen LogP contribution in [0.25, 0.3) is 10.9 Å². The van der Waals surface area contributed by atoms with Gasteiger partial charge >= 0.3 is 0 Å². The van der Waals surface area contributed by atoms with Crippen molar-refractivity contribution >= 4 is 22.5 Å². The van der Waals surface area contributed by atoms with Crippen molar-refractivity contribution in [1.29, 1.82) is 0 Å². The molecule has 0 aliphatic carbocycles. The molecule has 5 rings (SSSR count). The van der Waals surface area contributed by atoms with Gasteiger partial charge in [0, 0.05) is 28.0 Å². The van der Waals surface area contributed by atoms with E-state index in [2.05, 4.69) is 25.4 Å². The van der Waals surface area contributed by atoms with E-state index in [4.69, 9.17) is 20.8 Å². The molecule has 1 atom stereocenters. The van der Waals surface area contributed by atoms with E-state index in [1.165, 1.54) is 0 Å². The van der Waals surface area contributed by atoms with E-state index in [0.717, 1.165) is 28.0 Å². The largest absolute Gasteiger partial charge is 0.494 e. The molecule has 0 radical (unpaired) electrons. The highest BCUT2D eigenvalue weighted by atomic mass is 35.5. The maximum Gasteiger partial charge on any atom is 0.253 e. The number of aromatic nitrogens is 5. The second-order valence-corrected chi connectivity index (χ2v) is 10.8. The summed E-state index contributed by atoms with van der Waals surface area (Å²) in [6, 6.07) is 18.3. The molecule has 0 amide bonds. The molecule has 10 heteroatoms. The van der Waals surface area contributed by atoms with Gasteiger partial charge in [0.1, 0.15) is 17.6 Å². The Hall–Kier alpha value is -3.95. The number of hydrogen-bond donors (Lipinski definition) is 1. The second-order valence-electron chi connectivity index (χ2n) is 10.4. The predicted octanol–water partition coefficient (Wildman–Crippen LogP) is 5.71. The Bertz CT molecular complexity index is 1600. The topological polar surface area (TPSA) is 102 Å². The molecule has 0 aliphatic heterocycles. The number of furan rings is 1. The number of tetrazole rings is 1. The second kappa shape index (κ2) is 11.0. The zero-order valence-corrected chi connectivity index (χ0v) is 23.1. The van der Waals surface area contributed by atoms with Crippen molar-refractivity contribution in [3.05, 3.63) is 105 Å². The zero-order chi connectivity index (χ0) is 27.6. The summed E-state index contributed by atoms with van der Waals surface area (Å²) in [5.41, 5.74) is 1.59. The van der Waals surface area contributed by atoms with Crippen molar-refractivity contribution in [3.63, 3.8) is 0 Å². The number of nitrogens with one attached hydrogen (secondary N) is 1. The Labute approximate surface area is 231 Å². The van der Waals surface area contributed by atoms with Crippen LogP contribution in [-0.2, 0) is 18.6 Å². The number of nitrogens with zero attached hydrogens (tertiary/aromatic N) is 5. The number of H-pyrrole nitrogens is 1. The van der Waals surface area contributed by atoms with Crippen LogP contribution in [0, 0.1) is 0 Å². The van der Waals surface area contributed by atoms with Crippen molar-refractivity contribution in [2.24, 2.45) is 0 Å². The maximum absolute atomic E-state index is 13.7. The fourth-order valence-electron chi connectivity index (χ4n) is 4.67. The van der Waals surface area contributed by atoms with Gasteiger partial charge in [0.15, 0.2) is 5.82 Å². The van der Waals surface area contributed by atoms with Crippen molar-refractivity contribution in [3.8, 4) is 5.75 Å². The third-order valence-corrected chi connectivity index (χ3v) is 6.68. The van der Waals surface area contributed by atoms with Gasteiger partial charge in [-0.2, -0.15) is 0 Å². The summed E-state index contributed by atoms with van der Waals surface area (Å²) in [6.45, 7) is 9.46. The quantitative estimate of drug-likeness (QED) is 0.253. The molecule has 0 bridgehead atoms. The zero-order valence-electron chi connectivity index (χ0n) is 22.4. The Morgan fingerprint density at radius 1 is 1.10 bits per heavy atom. The first-order valence-corrected chi connectivity index (χ1v) is 13.2. The first-order valence-electron chi connectivity index (χ1n) is 12.8. The van der Waals surface area contributed by atoms with Gasteiger partial charge in [-0.1, -0.05) is 23.7 Å². The van der Waals surface area contributed by atoms with Crippen LogP contribution in [0.2, 0.25) is 5.02 Å². The fourth-order valence-corrected chi connectivity index (χ4v) is 4.79. The van der Waals surface area contributed by atoms with Crippen molar-refractivity contribution < 1.29 is 9.15 Å². The van der Waals surface area contributed by atoms with Gasteiger partial charge in [0.2, 0.25) is 0 Å². The van der Waals surface area contributed by atoms with Crippen LogP contribution >= 0.6 is 11.6 Å². The van der Waals surface area contributed by atoms with Gasteiger partial charge in [-0.3, -0.25) is 9.69 Å². The van der Waals surface area contributed by atoms with Crippen LogP contribution in [0.3, 0.4) is 0 Å². The molecule has 3 heterocycles. The summed E-state index contributed by atoms with van der Waals surface area (Å²) in [6.07, 6.45) is 1.64. The summed E-state index contributed by atoms with van der Waals surface area (Å²) >= 11 is 6.17. The molecule has 202 valence electrons. The minimum atomic E-state index is -0.607. The Kier molecular flexibility index (Phi) is 7.54. The number of halogens is 1. The lowest BCUT2D eigenvalue weighted by atomic mass is 10.0. The normalized spacial score (nSPS) is 12.8. The van der Waals surface area contributed by atoms with Crippen LogP contribution in [0.4, 0.5) is 0 Å². The van der Waals surface area contributed by atoms with Gasteiger partial charge in [0.05, 0.1) is 25.0 Å². The standard InChI is InChI=1S/C29H31ClN6O3/c1-5-38-22-12-13-25-20(15-22)16-24(28(37)31-25)26(27-32-33-34-36(27)29(2,3)4)35(18-23-7-6-14-39-23)17-19-8-10-21(30)11-9-19/h6-16,26H,5,17-18H2,1-4H3,(H,31,37)/t26-/m1/s1. The molecule has 0 fully saturated rings. The SMILES string of the molecule is CCOc1ccc2[nH]c(=O)c([C@H](c3nnnn3C(C)(C)C)N(Cc3ccc(Cl)cc3)Cc3ccco3)cc2c1. The highest BCUT2D eigenvalue weighted by molar-refractivity contribution is 6.30.